The van der Waals surface area contributed by atoms with Gasteiger partial charge in [0.1, 0.15) is 0 Å². The van der Waals surface area contributed by atoms with Gasteiger partial charge in [0.15, 0.2) is 0 Å². The molecule has 2 fully saturated rings. The fourth-order valence-electron chi connectivity index (χ4n) is 1.54. The zero-order valence-corrected chi connectivity index (χ0v) is 16.5. The molecular weight excluding hydrogens is 311 g/mol. The van der Waals surface area contributed by atoms with Crippen LogP contribution in [0.4, 0.5) is 0 Å². The Balaban J connectivity index is 0.000000253. The van der Waals surface area contributed by atoms with Gasteiger partial charge in [-0.05, 0) is 26.9 Å². The Morgan fingerprint density at radius 1 is 1.00 bits per heavy atom. The topological polar surface area (TPSA) is 47.4 Å². The summed E-state index contributed by atoms with van der Waals surface area (Å²) in [5.74, 6) is 0. The number of ether oxygens (including phenoxy) is 1. The summed E-state index contributed by atoms with van der Waals surface area (Å²) in [4.78, 5) is 0. The maximum absolute atomic E-state index is 5.42. The molecule has 0 bridgehead atoms. The van der Waals surface area contributed by atoms with E-state index in [9.17, 15) is 0 Å². The summed E-state index contributed by atoms with van der Waals surface area (Å²) in [6, 6.07) is 0. The van der Waals surface area contributed by atoms with E-state index in [-0.39, 0.29) is 68.9 Å². The SMILES string of the molecule is C1CNCC[N-]1.CC1CNCC(C)O1.[Cs+]. The standard InChI is InChI=1S/C6H13NO.C4H9N2.Cs/c1-5-3-7-4-6(2)8-5;1-2-6-4-3-5-1;/h5-7H,3-4H2,1-2H3;5H,1-4H2;/q;-1;+1. The molecule has 0 aromatic carbocycles. The van der Waals surface area contributed by atoms with Crippen LogP contribution < -0.4 is 79.5 Å². The second-order valence-corrected chi connectivity index (χ2v) is 3.84. The quantitative estimate of drug-likeness (QED) is 0.509. The number of piperazine rings is 1. The van der Waals surface area contributed by atoms with Crippen molar-refractivity contribution in [3.63, 3.8) is 0 Å². The Hall–Kier alpha value is 1.89. The van der Waals surface area contributed by atoms with E-state index in [1.807, 2.05) is 0 Å². The van der Waals surface area contributed by atoms with E-state index < -0.39 is 0 Å². The molecule has 0 aromatic heterocycles. The van der Waals surface area contributed by atoms with Crippen LogP contribution in [0.3, 0.4) is 0 Å². The molecule has 5 heteroatoms. The van der Waals surface area contributed by atoms with E-state index in [2.05, 4.69) is 29.8 Å². The van der Waals surface area contributed by atoms with E-state index in [1.165, 1.54) is 0 Å². The van der Waals surface area contributed by atoms with E-state index in [0.29, 0.717) is 12.2 Å². The molecule has 0 spiro atoms. The van der Waals surface area contributed by atoms with Gasteiger partial charge in [0.05, 0.1) is 12.2 Å². The molecule has 0 aliphatic carbocycles. The molecular formula is C10H22CsN3O. The third-order valence-electron chi connectivity index (χ3n) is 2.22. The van der Waals surface area contributed by atoms with Gasteiger partial charge in [0, 0.05) is 13.1 Å². The molecule has 2 atom stereocenters. The molecule has 4 nitrogen and oxygen atoms in total. The van der Waals surface area contributed by atoms with Crippen molar-refractivity contribution in [3.8, 4) is 0 Å². The fourth-order valence-corrected chi connectivity index (χ4v) is 1.54. The van der Waals surface area contributed by atoms with Gasteiger partial charge < -0.3 is 20.7 Å². The van der Waals surface area contributed by atoms with Gasteiger partial charge in [0.2, 0.25) is 0 Å². The van der Waals surface area contributed by atoms with Crippen LogP contribution in [0.1, 0.15) is 13.8 Å². The van der Waals surface area contributed by atoms with Crippen molar-refractivity contribution >= 4 is 0 Å². The predicted molar refractivity (Wildman–Crippen MR) is 58.8 cm³/mol. The van der Waals surface area contributed by atoms with Gasteiger partial charge in [-0.15, -0.1) is 13.1 Å². The van der Waals surface area contributed by atoms with Crippen molar-refractivity contribution in [3.05, 3.63) is 5.32 Å². The maximum Gasteiger partial charge on any atom is 1.00 e. The van der Waals surface area contributed by atoms with Crippen LogP contribution in [0, 0.1) is 0 Å². The molecule has 0 amide bonds. The second-order valence-electron chi connectivity index (χ2n) is 3.84. The molecule has 2 saturated heterocycles. The number of morpholine rings is 1. The third kappa shape index (κ3) is 9.58. The minimum atomic E-state index is 0. The van der Waals surface area contributed by atoms with Crippen molar-refractivity contribution in [2.24, 2.45) is 0 Å². The van der Waals surface area contributed by atoms with Crippen LogP contribution in [-0.4, -0.2) is 51.5 Å². The Morgan fingerprint density at radius 2 is 1.53 bits per heavy atom. The maximum atomic E-state index is 5.42. The number of hydrogen-bond acceptors (Lipinski definition) is 3. The zero-order valence-electron chi connectivity index (χ0n) is 10.3. The molecule has 84 valence electrons. The number of nitrogens with zero attached hydrogens (tertiary/aromatic N) is 1. The molecule has 2 rings (SSSR count). The fraction of sp³-hybridized carbons (Fsp3) is 1.00. The number of hydrogen-bond donors (Lipinski definition) is 2. The molecule has 0 radical (unpaired) electrons. The summed E-state index contributed by atoms with van der Waals surface area (Å²) in [5, 5.41) is 10.6. The Morgan fingerprint density at radius 3 is 1.73 bits per heavy atom. The Kier molecular flexibility index (Phi) is 12.4. The van der Waals surface area contributed by atoms with Gasteiger partial charge in [-0.3, -0.25) is 0 Å². The predicted octanol–water partition coefficient (Wildman–Crippen LogP) is -2.65. The van der Waals surface area contributed by atoms with Gasteiger partial charge in [-0.2, -0.15) is 0 Å². The molecule has 2 aliphatic heterocycles. The smallest absolute Gasteiger partial charge is 0.660 e. The van der Waals surface area contributed by atoms with Crippen LogP contribution in [0.15, 0.2) is 0 Å². The average molecular weight is 333 g/mol. The van der Waals surface area contributed by atoms with Gasteiger partial charge in [-0.1, -0.05) is 0 Å². The molecule has 2 unspecified atom stereocenters. The third-order valence-corrected chi connectivity index (χ3v) is 2.22. The second kappa shape index (κ2) is 11.0. The van der Waals surface area contributed by atoms with E-state index in [1.54, 1.807) is 0 Å². The van der Waals surface area contributed by atoms with E-state index in [0.717, 1.165) is 39.3 Å². The van der Waals surface area contributed by atoms with Crippen LogP contribution in [0.25, 0.3) is 5.32 Å². The summed E-state index contributed by atoms with van der Waals surface area (Å²) in [6.07, 6.45) is 0.803. The van der Waals surface area contributed by atoms with Crippen LogP contribution >= 0.6 is 0 Å². The normalized spacial score (nSPS) is 30.8. The minimum Gasteiger partial charge on any atom is -0.660 e. The first-order valence-electron chi connectivity index (χ1n) is 5.49. The zero-order chi connectivity index (χ0) is 10.2. The van der Waals surface area contributed by atoms with Gasteiger partial charge in [0.25, 0.3) is 0 Å². The first-order valence-corrected chi connectivity index (χ1v) is 5.49. The monoisotopic (exact) mass is 333 g/mol. The van der Waals surface area contributed by atoms with E-state index in [4.69, 9.17) is 4.74 Å². The Bertz CT molecular complexity index is 125. The van der Waals surface area contributed by atoms with Crippen LogP contribution in [0.2, 0.25) is 0 Å². The molecule has 2 aliphatic rings. The molecule has 0 aromatic rings. The molecule has 2 heterocycles. The average Bonchev–Trinajstić information content (AvgIpc) is 2.21. The van der Waals surface area contributed by atoms with Crippen molar-refractivity contribution in [1.82, 2.24) is 10.6 Å². The van der Waals surface area contributed by atoms with Crippen LogP contribution in [0.5, 0.6) is 0 Å². The molecule has 0 saturated carbocycles. The first kappa shape index (κ1) is 16.9. The first-order chi connectivity index (χ1) is 6.79. The summed E-state index contributed by atoms with van der Waals surface area (Å²) >= 11 is 0. The molecule has 2 N–H and O–H groups in total. The molecule has 15 heavy (non-hydrogen) atoms. The Labute approximate surface area is 152 Å². The van der Waals surface area contributed by atoms with Crippen LogP contribution in [-0.2, 0) is 4.74 Å². The summed E-state index contributed by atoms with van der Waals surface area (Å²) in [5.41, 5.74) is 0. The minimum absolute atomic E-state index is 0. The summed E-state index contributed by atoms with van der Waals surface area (Å²) < 4.78 is 5.42. The number of nitrogens with one attached hydrogen (secondary N) is 2. The van der Waals surface area contributed by atoms with Gasteiger partial charge in [-0.25, -0.2) is 0 Å². The van der Waals surface area contributed by atoms with Crippen molar-refractivity contribution in [2.45, 2.75) is 26.1 Å². The van der Waals surface area contributed by atoms with Gasteiger partial charge >= 0.3 is 68.9 Å². The largest absolute Gasteiger partial charge is 1.00 e. The van der Waals surface area contributed by atoms with Crippen molar-refractivity contribution in [1.29, 1.82) is 0 Å². The van der Waals surface area contributed by atoms with Crippen molar-refractivity contribution in [2.75, 3.05) is 39.3 Å². The number of rotatable bonds is 0. The summed E-state index contributed by atoms with van der Waals surface area (Å²) in [6.45, 7) is 10.4. The van der Waals surface area contributed by atoms with Crippen molar-refractivity contribution < 1.29 is 73.6 Å². The van der Waals surface area contributed by atoms with E-state index >= 15 is 0 Å². The summed E-state index contributed by atoms with van der Waals surface area (Å²) in [7, 11) is 0.